The summed E-state index contributed by atoms with van der Waals surface area (Å²) >= 11 is 0. The summed E-state index contributed by atoms with van der Waals surface area (Å²) < 4.78 is 5.38. The molecule has 23 heavy (non-hydrogen) atoms. The SMILES string of the molecule is CCc1cc(NC2CCCc3ccc(OC)cc3C2)nc(C)n1. The Morgan fingerprint density at radius 2 is 2.09 bits per heavy atom. The molecule has 0 fully saturated rings. The van der Waals surface area contributed by atoms with E-state index in [-0.39, 0.29) is 0 Å². The lowest BCUT2D eigenvalue weighted by molar-refractivity contribution is 0.414. The van der Waals surface area contributed by atoms with Crippen molar-refractivity contribution in [1.29, 1.82) is 0 Å². The number of hydrogen-bond acceptors (Lipinski definition) is 4. The van der Waals surface area contributed by atoms with Gasteiger partial charge < -0.3 is 10.1 Å². The Hall–Kier alpha value is -2.10. The first kappa shape index (κ1) is 15.8. The second-order valence-electron chi connectivity index (χ2n) is 6.22. The topological polar surface area (TPSA) is 47.0 Å². The fraction of sp³-hybridized carbons (Fsp3) is 0.474. The Labute approximate surface area is 138 Å². The first-order valence-electron chi connectivity index (χ1n) is 8.45. The fourth-order valence-corrected chi connectivity index (χ4v) is 3.29. The fourth-order valence-electron chi connectivity index (χ4n) is 3.29. The number of fused-ring (bicyclic) bond motifs is 1. The van der Waals surface area contributed by atoms with E-state index in [0.717, 1.165) is 48.8 Å². The van der Waals surface area contributed by atoms with Gasteiger partial charge in [0.05, 0.1) is 7.11 Å². The minimum absolute atomic E-state index is 0.405. The Kier molecular flexibility index (Phi) is 4.79. The lowest BCUT2D eigenvalue weighted by atomic mass is 10.0. The van der Waals surface area contributed by atoms with E-state index >= 15 is 0 Å². The van der Waals surface area contributed by atoms with Crippen molar-refractivity contribution in [3.8, 4) is 5.75 Å². The van der Waals surface area contributed by atoms with Gasteiger partial charge in [-0.25, -0.2) is 9.97 Å². The molecule has 0 spiro atoms. The number of nitrogens with one attached hydrogen (secondary N) is 1. The summed E-state index contributed by atoms with van der Waals surface area (Å²) in [6, 6.07) is 8.93. The van der Waals surface area contributed by atoms with Crippen LogP contribution in [0.1, 0.15) is 42.4 Å². The molecule has 3 rings (SSSR count). The molecular weight excluding hydrogens is 286 g/mol. The smallest absolute Gasteiger partial charge is 0.130 e. The van der Waals surface area contributed by atoms with Crippen molar-refractivity contribution in [1.82, 2.24) is 9.97 Å². The molecule has 1 N–H and O–H groups in total. The summed E-state index contributed by atoms with van der Waals surface area (Å²) in [5.41, 5.74) is 3.93. The predicted molar refractivity (Wildman–Crippen MR) is 93.2 cm³/mol. The summed E-state index contributed by atoms with van der Waals surface area (Å²) in [6.45, 7) is 4.08. The average molecular weight is 311 g/mol. The standard InChI is InChI=1S/C19H25N3O/c1-4-16-12-19(21-13(2)20-16)22-17-7-5-6-14-8-9-18(23-3)11-15(14)10-17/h8-9,11-12,17H,4-7,10H2,1-3H3,(H,20,21,22). The van der Waals surface area contributed by atoms with Crippen LogP contribution in [-0.4, -0.2) is 23.1 Å². The van der Waals surface area contributed by atoms with E-state index in [1.807, 2.05) is 6.92 Å². The van der Waals surface area contributed by atoms with E-state index in [1.165, 1.54) is 17.5 Å². The lowest BCUT2D eigenvalue weighted by Gasteiger charge is -2.18. The number of hydrogen-bond donors (Lipinski definition) is 1. The molecule has 0 bridgehead atoms. The molecule has 4 heteroatoms. The van der Waals surface area contributed by atoms with Crippen LogP contribution in [0.2, 0.25) is 0 Å². The molecule has 122 valence electrons. The molecule has 1 heterocycles. The number of aromatic nitrogens is 2. The normalized spacial score (nSPS) is 17.3. The Bertz CT molecular complexity index is 684. The van der Waals surface area contributed by atoms with E-state index in [2.05, 4.69) is 46.5 Å². The Morgan fingerprint density at radius 3 is 2.87 bits per heavy atom. The number of aryl methyl sites for hydroxylation is 3. The molecule has 0 amide bonds. The average Bonchev–Trinajstić information content (AvgIpc) is 2.74. The number of methoxy groups -OCH3 is 1. The van der Waals surface area contributed by atoms with E-state index in [1.54, 1.807) is 7.11 Å². The monoisotopic (exact) mass is 311 g/mol. The van der Waals surface area contributed by atoms with Gasteiger partial charge in [-0.05, 0) is 62.3 Å². The third kappa shape index (κ3) is 3.81. The lowest BCUT2D eigenvalue weighted by Crippen LogP contribution is -2.22. The van der Waals surface area contributed by atoms with E-state index in [4.69, 9.17) is 4.74 Å². The minimum atomic E-state index is 0.405. The third-order valence-electron chi connectivity index (χ3n) is 4.48. The largest absolute Gasteiger partial charge is 0.497 e. The van der Waals surface area contributed by atoms with Crippen molar-refractivity contribution in [3.63, 3.8) is 0 Å². The molecule has 0 saturated heterocycles. The van der Waals surface area contributed by atoms with Gasteiger partial charge in [0.15, 0.2) is 0 Å². The molecule has 0 saturated carbocycles. The van der Waals surface area contributed by atoms with Crippen molar-refractivity contribution in [2.75, 3.05) is 12.4 Å². The zero-order valence-corrected chi connectivity index (χ0v) is 14.2. The van der Waals surface area contributed by atoms with Gasteiger partial charge >= 0.3 is 0 Å². The van der Waals surface area contributed by atoms with Gasteiger partial charge in [-0.3, -0.25) is 0 Å². The van der Waals surface area contributed by atoms with Crippen molar-refractivity contribution in [2.24, 2.45) is 0 Å². The molecule has 1 atom stereocenters. The molecule has 0 radical (unpaired) electrons. The molecule has 1 aliphatic carbocycles. The molecular formula is C19H25N3O. The quantitative estimate of drug-likeness (QED) is 0.874. The highest BCUT2D eigenvalue weighted by molar-refractivity contribution is 5.41. The molecule has 1 aromatic heterocycles. The first-order valence-corrected chi connectivity index (χ1v) is 8.45. The van der Waals surface area contributed by atoms with Crippen LogP contribution in [0.4, 0.5) is 5.82 Å². The third-order valence-corrected chi connectivity index (χ3v) is 4.48. The second-order valence-corrected chi connectivity index (χ2v) is 6.22. The predicted octanol–water partition coefficient (Wildman–Crippen LogP) is 3.72. The maximum atomic E-state index is 5.38. The van der Waals surface area contributed by atoms with E-state index in [0.29, 0.717) is 6.04 Å². The summed E-state index contributed by atoms with van der Waals surface area (Å²) in [5, 5.41) is 3.62. The van der Waals surface area contributed by atoms with E-state index < -0.39 is 0 Å². The van der Waals surface area contributed by atoms with Crippen LogP contribution in [0.15, 0.2) is 24.3 Å². The van der Waals surface area contributed by atoms with Gasteiger partial charge in [-0.2, -0.15) is 0 Å². The summed E-state index contributed by atoms with van der Waals surface area (Å²) in [6.07, 6.45) is 5.43. The van der Waals surface area contributed by atoms with E-state index in [9.17, 15) is 0 Å². The zero-order chi connectivity index (χ0) is 16.2. The summed E-state index contributed by atoms with van der Waals surface area (Å²) in [7, 11) is 1.73. The van der Waals surface area contributed by atoms with Crippen LogP contribution in [0.5, 0.6) is 5.75 Å². The molecule has 0 aliphatic heterocycles. The highest BCUT2D eigenvalue weighted by Crippen LogP contribution is 2.26. The number of ether oxygens (including phenoxy) is 1. The van der Waals surface area contributed by atoms with Crippen molar-refractivity contribution in [3.05, 3.63) is 46.9 Å². The number of benzene rings is 1. The Balaban J connectivity index is 1.79. The highest BCUT2D eigenvalue weighted by atomic mass is 16.5. The number of nitrogens with zero attached hydrogens (tertiary/aromatic N) is 2. The molecule has 2 aromatic rings. The zero-order valence-electron chi connectivity index (χ0n) is 14.2. The van der Waals surface area contributed by atoms with Crippen LogP contribution in [0.25, 0.3) is 0 Å². The summed E-state index contributed by atoms with van der Waals surface area (Å²) in [5.74, 6) is 2.73. The van der Waals surface area contributed by atoms with Gasteiger partial charge in [-0.15, -0.1) is 0 Å². The van der Waals surface area contributed by atoms with Crippen molar-refractivity contribution < 1.29 is 4.74 Å². The van der Waals surface area contributed by atoms with Gasteiger partial charge in [0.25, 0.3) is 0 Å². The maximum Gasteiger partial charge on any atom is 0.130 e. The molecule has 4 nitrogen and oxygen atoms in total. The molecule has 1 aliphatic rings. The van der Waals surface area contributed by atoms with Crippen LogP contribution in [0, 0.1) is 6.92 Å². The van der Waals surface area contributed by atoms with Crippen LogP contribution in [-0.2, 0) is 19.3 Å². The first-order chi connectivity index (χ1) is 11.2. The highest BCUT2D eigenvalue weighted by Gasteiger charge is 2.18. The van der Waals surface area contributed by atoms with Crippen molar-refractivity contribution in [2.45, 2.75) is 52.0 Å². The Morgan fingerprint density at radius 1 is 1.22 bits per heavy atom. The minimum Gasteiger partial charge on any atom is -0.497 e. The molecule has 1 unspecified atom stereocenters. The second kappa shape index (κ2) is 6.99. The van der Waals surface area contributed by atoms with Crippen LogP contribution < -0.4 is 10.1 Å². The van der Waals surface area contributed by atoms with Gasteiger partial charge in [0.1, 0.15) is 17.4 Å². The molecule has 1 aromatic carbocycles. The van der Waals surface area contributed by atoms with Crippen molar-refractivity contribution >= 4 is 5.82 Å². The van der Waals surface area contributed by atoms with Gasteiger partial charge in [0, 0.05) is 17.8 Å². The van der Waals surface area contributed by atoms with Gasteiger partial charge in [-0.1, -0.05) is 13.0 Å². The summed E-state index contributed by atoms with van der Waals surface area (Å²) in [4.78, 5) is 9.00. The van der Waals surface area contributed by atoms with Gasteiger partial charge in [0.2, 0.25) is 0 Å². The maximum absolute atomic E-state index is 5.38. The number of rotatable bonds is 4. The van der Waals surface area contributed by atoms with Crippen LogP contribution >= 0.6 is 0 Å². The van der Waals surface area contributed by atoms with Crippen LogP contribution in [0.3, 0.4) is 0 Å². The number of anilines is 1.